The van der Waals surface area contributed by atoms with Crippen LogP contribution in [0.5, 0.6) is 0 Å². The maximum Gasteiger partial charge on any atom is 0.276 e. The molecule has 2 amide bonds. The van der Waals surface area contributed by atoms with Gasteiger partial charge in [-0.15, -0.1) is 0 Å². The SMILES string of the molecule is O=C(Nc1ccc(-c2ccc(F)cc2)nc1)c1n[nH]c2ccc(-c3cncc(NC(=O)C4CC4)c3)cc12. The lowest BCUT2D eigenvalue weighted by Crippen LogP contribution is -2.13. The molecule has 0 aliphatic heterocycles. The summed E-state index contributed by atoms with van der Waals surface area (Å²) in [4.78, 5) is 33.8. The van der Waals surface area contributed by atoms with E-state index >= 15 is 0 Å². The molecule has 0 radical (unpaired) electrons. The molecule has 1 saturated carbocycles. The third-order valence-corrected chi connectivity index (χ3v) is 6.23. The lowest BCUT2D eigenvalue weighted by atomic mass is 10.0. The highest BCUT2D eigenvalue weighted by molar-refractivity contribution is 6.11. The molecule has 1 fully saturated rings. The number of pyridine rings is 2. The number of carbonyl (C=O) groups is 2. The number of aromatic nitrogens is 4. The molecule has 9 heteroatoms. The monoisotopic (exact) mass is 492 g/mol. The number of H-pyrrole nitrogens is 1. The number of aromatic amines is 1. The Morgan fingerprint density at radius 1 is 0.838 bits per heavy atom. The van der Waals surface area contributed by atoms with Crippen LogP contribution >= 0.6 is 0 Å². The van der Waals surface area contributed by atoms with E-state index in [4.69, 9.17) is 0 Å². The number of hydrogen-bond donors (Lipinski definition) is 3. The van der Waals surface area contributed by atoms with Crippen molar-refractivity contribution in [1.82, 2.24) is 20.2 Å². The highest BCUT2D eigenvalue weighted by Gasteiger charge is 2.29. The lowest BCUT2D eigenvalue weighted by Gasteiger charge is -2.08. The van der Waals surface area contributed by atoms with E-state index in [2.05, 4.69) is 30.8 Å². The van der Waals surface area contributed by atoms with Crippen molar-refractivity contribution in [2.45, 2.75) is 12.8 Å². The molecule has 3 N–H and O–H groups in total. The molecule has 0 saturated heterocycles. The Morgan fingerprint density at radius 3 is 2.41 bits per heavy atom. The molecule has 0 bridgehead atoms. The van der Waals surface area contributed by atoms with Crippen LogP contribution < -0.4 is 10.6 Å². The number of nitrogens with zero attached hydrogens (tertiary/aromatic N) is 3. The van der Waals surface area contributed by atoms with Gasteiger partial charge in [-0.3, -0.25) is 24.7 Å². The maximum atomic E-state index is 13.2. The van der Waals surface area contributed by atoms with Gasteiger partial charge in [0.1, 0.15) is 5.82 Å². The Labute approximate surface area is 211 Å². The first-order valence-corrected chi connectivity index (χ1v) is 11.8. The first kappa shape index (κ1) is 22.5. The van der Waals surface area contributed by atoms with Gasteiger partial charge < -0.3 is 10.6 Å². The highest BCUT2D eigenvalue weighted by atomic mass is 19.1. The summed E-state index contributed by atoms with van der Waals surface area (Å²) in [6.07, 6.45) is 6.73. The van der Waals surface area contributed by atoms with Crippen LogP contribution in [0.3, 0.4) is 0 Å². The number of rotatable bonds is 6. The van der Waals surface area contributed by atoms with E-state index in [0.717, 1.165) is 29.5 Å². The van der Waals surface area contributed by atoms with Crippen molar-refractivity contribution < 1.29 is 14.0 Å². The Hall–Kier alpha value is -4.92. The van der Waals surface area contributed by atoms with Crippen LogP contribution in [0.2, 0.25) is 0 Å². The van der Waals surface area contributed by atoms with E-state index in [1.807, 2.05) is 24.3 Å². The normalized spacial score (nSPS) is 12.9. The number of amides is 2. The van der Waals surface area contributed by atoms with Gasteiger partial charge in [0.15, 0.2) is 5.69 Å². The second-order valence-corrected chi connectivity index (χ2v) is 8.95. The Balaban J connectivity index is 1.22. The minimum Gasteiger partial charge on any atom is -0.324 e. The van der Waals surface area contributed by atoms with Gasteiger partial charge >= 0.3 is 0 Å². The summed E-state index contributed by atoms with van der Waals surface area (Å²) in [5.74, 6) is -0.584. The van der Waals surface area contributed by atoms with Crippen molar-refractivity contribution in [3.63, 3.8) is 0 Å². The standard InChI is InChI=1S/C28H21FN6O2/c29-20-6-3-16(4-7-20)24-10-8-21(15-31-24)32-28(37)26-23-12-18(5-9-25(23)34-35-26)19-11-22(14-30-13-19)33-27(36)17-1-2-17/h3-15,17H,1-2H2,(H,32,37)(H,33,36)(H,34,35). The first-order chi connectivity index (χ1) is 18.0. The predicted molar refractivity (Wildman–Crippen MR) is 138 cm³/mol. The summed E-state index contributed by atoms with van der Waals surface area (Å²) in [6.45, 7) is 0. The molecule has 3 heterocycles. The molecule has 0 unspecified atom stereocenters. The zero-order valence-electron chi connectivity index (χ0n) is 19.5. The van der Waals surface area contributed by atoms with Crippen LogP contribution in [-0.4, -0.2) is 32.0 Å². The van der Waals surface area contributed by atoms with Gasteiger partial charge in [0, 0.05) is 28.6 Å². The van der Waals surface area contributed by atoms with Crippen molar-refractivity contribution in [2.75, 3.05) is 10.6 Å². The van der Waals surface area contributed by atoms with Gasteiger partial charge in [0.05, 0.1) is 35.0 Å². The predicted octanol–water partition coefficient (Wildman–Crippen LogP) is 5.43. The van der Waals surface area contributed by atoms with Crippen molar-refractivity contribution in [2.24, 2.45) is 5.92 Å². The van der Waals surface area contributed by atoms with E-state index in [0.29, 0.717) is 28.0 Å². The molecule has 0 spiro atoms. The molecular formula is C28H21FN6O2. The third-order valence-electron chi connectivity index (χ3n) is 6.23. The average Bonchev–Trinajstić information content (AvgIpc) is 3.69. The molecule has 6 rings (SSSR count). The van der Waals surface area contributed by atoms with E-state index in [1.54, 1.807) is 42.9 Å². The molecule has 1 aliphatic carbocycles. The molecule has 1 aliphatic rings. The van der Waals surface area contributed by atoms with Crippen LogP contribution in [0.1, 0.15) is 23.3 Å². The molecule has 2 aromatic carbocycles. The van der Waals surface area contributed by atoms with Gasteiger partial charge in [0.2, 0.25) is 5.91 Å². The third kappa shape index (κ3) is 4.79. The van der Waals surface area contributed by atoms with Crippen molar-refractivity contribution in [1.29, 1.82) is 0 Å². The number of carbonyl (C=O) groups excluding carboxylic acids is 2. The van der Waals surface area contributed by atoms with Gasteiger partial charge in [-0.05, 0) is 73.0 Å². The summed E-state index contributed by atoms with van der Waals surface area (Å²) in [6, 6.07) is 17.0. The van der Waals surface area contributed by atoms with Gasteiger partial charge in [-0.25, -0.2) is 4.39 Å². The molecule has 8 nitrogen and oxygen atoms in total. The van der Waals surface area contributed by atoms with Gasteiger partial charge in [0.25, 0.3) is 5.91 Å². The van der Waals surface area contributed by atoms with Crippen LogP contribution in [0.4, 0.5) is 15.8 Å². The number of anilines is 2. The largest absolute Gasteiger partial charge is 0.324 e. The van der Waals surface area contributed by atoms with Crippen LogP contribution in [0.25, 0.3) is 33.3 Å². The molecule has 0 atom stereocenters. The van der Waals surface area contributed by atoms with E-state index in [9.17, 15) is 14.0 Å². The highest BCUT2D eigenvalue weighted by Crippen LogP contribution is 2.31. The van der Waals surface area contributed by atoms with E-state index in [1.165, 1.54) is 12.1 Å². The fourth-order valence-corrected chi connectivity index (χ4v) is 4.07. The summed E-state index contributed by atoms with van der Waals surface area (Å²) in [7, 11) is 0. The van der Waals surface area contributed by atoms with Crippen LogP contribution in [0.15, 0.2) is 79.3 Å². The first-order valence-electron chi connectivity index (χ1n) is 11.8. The second-order valence-electron chi connectivity index (χ2n) is 8.95. The Morgan fingerprint density at radius 2 is 1.65 bits per heavy atom. The van der Waals surface area contributed by atoms with Crippen LogP contribution in [-0.2, 0) is 4.79 Å². The number of fused-ring (bicyclic) bond motifs is 1. The molecule has 5 aromatic rings. The Kier molecular flexibility index (Phi) is 5.65. The zero-order chi connectivity index (χ0) is 25.4. The average molecular weight is 493 g/mol. The number of benzene rings is 2. The van der Waals surface area contributed by atoms with Gasteiger partial charge in [-0.2, -0.15) is 5.10 Å². The molecule has 37 heavy (non-hydrogen) atoms. The minimum atomic E-state index is -0.386. The summed E-state index contributed by atoms with van der Waals surface area (Å²) in [5.41, 5.74) is 5.18. The summed E-state index contributed by atoms with van der Waals surface area (Å²) < 4.78 is 13.2. The summed E-state index contributed by atoms with van der Waals surface area (Å²) >= 11 is 0. The fraction of sp³-hybridized carbons (Fsp3) is 0.107. The zero-order valence-corrected chi connectivity index (χ0v) is 19.5. The van der Waals surface area contributed by atoms with Crippen molar-refractivity contribution >= 4 is 34.1 Å². The van der Waals surface area contributed by atoms with Crippen LogP contribution in [0, 0.1) is 11.7 Å². The molecular weight excluding hydrogens is 471 g/mol. The van der Waals surface area contributed by atoms with E-state index in [-0.39, 0.29) is 29.2 Å². The molecule has 3 aromatic heterocycles. The Bertz CT molecular complexity index is 1630. The van der Waals surface area contributed by atoms with Crippen molar-refractivity contribution in [3.8, 4) is 22.4 Å². The topological polar surface area (TPSA) is 113 Å². The minimum absolute atomic E-state index is 0.0170. The fourth-order valence-electron chi connectivity index (χ4n) is 4.07. The maximum absolute atomic E-state index is 13.2. The number of nitrogens with one attached hydrogen (secondary N) is 3. The van der Waals surface area contributed by atoms with E-state index < -0.39 is 0 Å². The molecule has 182 valence electrons. The number of hydrogen-bond acceptors (Lipinski definition) is 5. The lowest BCUT2D eigenvalue weighted by molar-refractivity contribution is -0.117. The smallest absolute Gasteiger partial charge is 0.276 e. The second kappa shape index (κ2) is 9.27. The summed E-state index contributed by atoms with van der Waals surface area (Å²) in [5, 5.41) is 13.5. The number of halogens is 1. The van der Waals surface area contributed by atoms with Gasteiger partial charge in [-0.1, -0.05) is 6.07 Å². The van der Waals surface area contributed by atoms with Crippen molar-refractivity contribution in [3.05, 3.63) is 90.8 Å². The quantitative estimate of drug-likeness (QED) is 0.293.